The summed E-state index contributed by atoms with van der Waals surface area (Å²) < 4.78 is 38.2. The minimum absolute atomic E-state index is 0.0879. The summed E-state index contributed by atoms with van der Waals surface area (Å²) in [6.07, 6.45) is 9.12. The molecule has 204 valence electrons. The molecular weight excluding hydrogens is 504 g/mol. The molecule has 1 heterocycles. The van der Waals surface area contributed by atoms with Gasteiger partial charge in [0, 0.05) is 28.6 Å². The molecule has 0 saturated heterocycles. The lowest BCUT2D eigenvalue weighted by atomic mass is 9.81. The zero-order chi connectivity index (χ0) is 27.3. The van der Waals surface area contributed by atoms with E-state index >= 15 is 0 Å². The van der Waals surface area contributed by atoms with Gasteiger partial charge < -0.3 is 19.8 Å². The van der Waals surface area contributed by atoms with Crippen molar-refractivity contribution < 1.29 is 26.9 Å². The van der Waals surface area contributed by atoms with Gasteiger partial charge in [-0.05, 0) is 55.0 Å². The number of H-pyrrole nitrogens is 1. The molecule has 2 aromatic carbocycles. The van der Waals surface area contributed by atoms with E-state index in [1.54, 1.807) is 13.2 Å². The van der Waals surface area contributed by atoms with Crippen molar-refractivity contribution in [3.05, 3.63) is 53.6 Å². The zero-order valence-electron chi connectivity index (χ0n) is 22.3. The third-order valence-corrected chi connectivity index (χ3v) is 7.69. The summed E-state index contributed by atoms with van der Waals surface area (Å²) in [5, 5.41) is 4.59. The van der Waals surface area contributed by atoms with Crippen LogP contribution in [0.15, 0.2) is 36.9 Å². The van der Waals surface area contributed by atoms with Crippen LogP contribution in [0.5, 0.6) is 5.75 Å². The maximum atomic E-state index is 12.2. The van der Waals surface area contributed by atoms with Crippen molar-refractivity contribution in [2.75, 3.05) is 38.9 Å². The second-order valence-corrected chi connectivity index (χ2v) is 11.3. The number of aromatic nitrogens is 1. The average Bonchev–Trinajstić information content (AvgIpc) is 3.30. The fraction of sp³-hybridized carbons (Fsp3) is 0.414. The topological polar surface area (TPSA) is 107 Å². The van der Waals surface area contributed by atoms with Crippen LogP contribution in [-0.4, -0.2) is 53.0 Å². The van der Waals surface area contributed by atoms with E-state index in [0.29, 0.717) is 30.2 Å². The first-order valence-corrected chi connectivity index (χ1v) is 14.7. The van der Waals surface area contributed by atoms with Gasteiger partial charge in [-0.2, -0.15) is 8.42 Å². The molecule has 1 fully saturated rings. The Kier molecular flexibility index (Phi) is 8.79. The maximum absolute atomic E-state index is 12.2. The molecule has 8 nitrogen and oxygen atoms in total. The number of carbonyl (C=O) groups is 1. The Bertz CT molecular complexity index is 1420. The molecule has 0 unspecified atom stereocenters. The van der Waals surface area contributed by atoms with Crippen molar-refractivity contribution in [3.63, 3.8) is 0 Å². The van der Waals surface area contributed by atoms with Crippen molar-refractivity contribution in [2.45, 2.75) is 44.4 Å². The highest BCUT2D eigenvalue weighted by atomic mass is 32.2. The molecule has 0 spiro atoms. The molecule has 2 N–H and O–H groups in total. The molecular formula is C29H36N2O6S. The molecule has 1 aromatic heterocycles. The minimum atomic E-state index is -3.49. The smallest absolute Gasteiger partial charge is 0.337 e. The standard InChI is InChI=1S/C29H36N2O6S/c1-5-21-25(35-2)15-14-23(27(21)30-16-9-17-37-38(4,33)34)28-26(19-10-7-6-8-11-19)22-13-12-20(29(32)36-3)18-24(22)31-28/h5,12-15,18-19,30-31H,1,6-11,16-17H2,2-4H3. The van der Waals surface area contributed by atoms with Gasteiger partial charge in [-0.25, -0.2) is 4.79 Å². The first-order valence-electron chi connectivity index (χ1n) is 12.9. The van der Waals surface area contributed by atoms with E-state index in [0.717, 1.165) is 52.5 Å². The van der Waals surface area contributed by atoms with Crippen LogP contribution in [0.4, 0.5) is 5.69 Å². The lowest BCUT2D eigenvalue weighted by Crippen LogP contribution is -2.11. The summed E-state index contributed by atoms with van der Waals surface area (Å²) in [5.41, 5.74) is 6.24. The number of nitrogens with one attached hydrogen (secondary N) is 2. The Hall–Kier alpha value is -3.30. The van der Waals surface area contributed by atoms with Crippen molar-refractivity contribution in [2.24, 2.45) is 0 Å². The Balaban J connectivity index is 1.83. The van der Waals surface area contributed by atoms with Gasteiger partial charge in [0.2, 0.25) is 0 Å². The highest BCUT2D eigenvalue weighted by Gasteiger charge is 2.26. The maximum Gasteiger partial charge on any atom is 0.337 e. The Morgan fingerprint density at radius 1 is 1.16 bits per heavy atom. The summed E-state index contributed by atoms with van der Waals surface area (Å²) in [5.74, 6) is 0.697. The second kappa shape index (κ2) is 12.0. The summed E-state index contributed by atoms with van der Waals surface area (Å²) in [4.78, 5) is 15.9. The molecule has 0 radical (unpaired) electrons. The van der Waals surface area contributed by atoms with Crippen LogP contribution >= 0.6 is 0 Å². The van der Waals surface area contributed by atoms with E-state index in [9.17, 15) is 13.2 Å². The third kappa shape index (κ3) is 6.05. The van der Waals surface area contributed by atoms with Crippen LogP contribution in [-0.2, 0) is 19.0 Å². The molecule has 0 atom stereocenters. The molecule has 4 rings (SSSR count). The molecule has 1 aliphatic rings. The van der Waals surface area contributed by atoms with E-state index in [1.807, 2.05) is 30.3 Å². The number of aromatic amines is 1. The van der Waals surface area contributed by atoms with Crippen LogP contribution in [0.1, 0.15) is 65.9 Å². The SMILES string of the molecule is C=Cc1c(OC)ccc(-c2[nH]c3cc(C(=O)OC)ccc3c2C2CCCCC2)c1NCCCOS(C)(=O)=O. The van der Waals surface area contributed by atoms with Crippen LogP contribution in [0, 0.1) is 0 Å². The Morgan fingerprint density at radius 2 is 1.92 bits per heavy atom. The number of benzene rings is 2. The van der Waals surface area contributed by atoms with E-state index in [1.165, 1.54) is 31.9 Å². The molecule has 9 heteroatoms. The second-order valence-electron chi connectivity index (χ2n) is 9.62. The molecule has 1 saturated carbocycles. The quantitative estimate of drug-likeness (QED) is 0.172. The van der Waals surface area contributed by atoms with Gasteiger partial charge in [0.15, 0.2) is 0 Å². The summed E-state index contributed by atoms with van der Waals surface area (Å²) in [6, 6.07) is 9.64. The van der Waals surface area contributed by atoms with Gasteiger partial charge in [0.25, 0.3) is 10.1 Å². The normalized spacial score (nSPS) is 14.4. The average molecular weight is 541 g/mol. The highest BCUT2D eigenvalue weighted by molar-refractivity contribution is 7.85. The van der Waals surface area contributed by atoms with E-state index in [2.05, 4.69) is 16.9 Å². The first-order chi connectivity index (χ1) is 18.3. The number of fused-ring (bicyclic) bond motifs is 1. The van der Waals surface area contributed by atoms with Gasteiger partial charge in [-0.1, -0.05) is 38.0 Å². The number of hydrogen-bond donors (Lipinski definition) is 2. The predicted molar refractivity (Wildman–Crippen MR) is 151 cm³/mol. The van der Waals surface area contributed by atoms with Crippen molar-refractivity contribution in [3.8, 4) is 17.0 Å². The lowest BCUT2D eigenvalue weighted by molar-refractivity contribution is 0.0601. The van der Waals surface area contributed by atoms with Crippen LogP contribution in [0.25, 0.3) is 28.2 Å². The largest absolute Gasteiger partial charge is 0.496 e. The van der Waals surface area contributed by atoms with Gasteiger partial charge in [-0.3, -0.25) is 4.18 Å². The summed E-state index contributed by atoms with van der Waals surface area (Å²) in [6.45, 7) is 4.60. The molecule has 0 bridgehead atoms. The van der Waals surface area contributed by atoms with Crippen LogP contribution in [0.2, 0.25) is 0 Å². The number of methoxy groups -OCH3 is 2. The first kappa shape index (κ1) is 27.7. The van der Waals surface area contributed by atoms with Crippen molar-refractivity contribution >= 4 is 38.8 Å². The van der Waals surface area contributed by atoms with Gasteiger partial charge >= 0.3 is 5.97 Å². The Labute approximate surface area is 224 Å². The summed E-state index contributed by atoms with van der Waals surface area (Å²) >= 11 is 0. The lowest BCUT2D eigenvalue weighted by Gasteiger charge is -2.24. The van der Waals surface area contributed by atoms with Gasteiger partial charge in [0.05, 0.1) is 44.0 Å². The number of ether oxygens (including phenoxy) is 2. The third-order valence-electron chi connectivity index (χ3n) is 7.09. The van der Waals surface area contributed by atoms with E-state index < -0.39 is 10.1 Å². The van der Waals surface area contributed by atoms with Gasteiger partial charge in [0.1, 0.15) is 5.75 Å². The van der Waals surface area contributed by atoms with E-state index in [-0.39, 0.29) is 12.6 Å². The van der Waals surface area contributed by atoms with E-state index in [4.69, 9.17) is 13.7 Å². The number of rotatable bonds is 11. The zero-order valence-corrected chi connectivity index (χ0v) is 23.1. The number of hydrogen-bond acceptors (Lipinski definition) is 7. The minimum Gasteiger partial charge on any atom is -0.496 e. The fourth-order valence-corrected chi connectivity index (χ4v) is 5.79. The molecule has 0 amide bonds. The molecule has 38 heavy (non-hydrogen) atoms. The van der Waals surface area contributed by atoms with Crippen LogP contribution < -0.4 is 10.1 Å². The van der Waals surface area contributed by atoms with Crippen molar-refractivity contribution in [1.29, 1.82) is 0 Å². The number of esters is 1. The Morgan fingerprint density at radius 3 is 2.58 bits per heavy atom. The molecule has 1 aliphatic carbocycles. The fourth-order valence-electron chi connectivity index (χ4n) is 5.37. The summed E-state index contributed by atoms with van der Waals surface area (Å²) in [7, 11) is -0.487. The molecule has 3 aromatic rings. The van der Waals surface area contributed by atoms with Crippen molar-refractivity contribution in [1.82, 2.24) is 4.98 Å². The molecule has 0 aliphatic heterocycles. The monoisotopic (exact) mass is 540 g/mol. The highest BCUT2D eigenvalue weighted by Crippen LogP contribution is 2.46. The van der Waals surface area contributed by atoms with Gasteiger partial charge in [-0.15, -0.1) is 0 Å². The van der Waals surface area contributed by atoms with Crippen LogP contribution in [0.3, 0.4) is 0 Å². The predicted octanol–water partition coefficient (Wildman–Crippen LogP) is 6.10. The number of anilines is 1. The number of carbonyl (C=O) groups excluding carboxylic acids is 1.